The fourth-order valence-electron chi connectivity index (χ4n) is 4.61. The van der Waals surface area contributed by atoms with E-state index in [2.05, 4.69) is 6.92 Å². The number of fused-ring (bicyclic) bond motifs is 2. The minimum Gasteiger partial charge on any atom is -0.381 e. The summed E-state index contributed by atoms with van der Waals surface area (Å²) in [6.45, 7) is 5.26. The van der Waals surface area contributed by atoms with Gasteiger partial charge in [0, 0.05) is 39.9 Å². The first-order valence-electron chi connectivity index (χ1n) is 11.4. The van der Waals surface area contributed by atoms with Crippen molar-refractivity contribution in [1.82, 2.24) is 5.06 Å². The lowest BCUT2D eigenvalue weighted by atomic mass is 9.76. The summed E-state index contributed by atoms with van der Waals surface area (Å²) in [5, 5.41) is 9.67. The molecule has 6 heteroatoms. The van der Waals surface area contributed by atoms with Gasteiger partial charge in [-0.2, -0.15) is 0 Å². The first-order chi connectivity index (χ1) is 13.6. The lowest BCUT2D eigenvalue weighted by molar-refractivity contribution is -0.159. The average molecular weight is 400 g/mol. The van der Waals surface area contributed by atoms with Gasteiger partial charge < -0.3 is 14.2 Å². The van der Waals surface area contributed by atoms with E-state index in [1.54, 1.807) is 0 Å². The number of ether oxygens (including phenoxy) is 3. The number of hydrogen-bond acceptors (Lipinski definition) is 5. The first kappa shape index (κ1) is 23.6. The van der Waals surface area contributed by atoms with Gasteiger partial charge in [0.2, 0.25) is 5.91 Å². The lowest BCUT2D eigenvalue weighted by Gasteiger charge is -2.28. The highest BCUT2D eigenvalue weighted by atomic mass is 16.5. The Morgan fingerprint density at radius 3 is 2.07 bits per heavy atom. The largest absolute Gasteiger partial charge is 0.381 e. The molecule has 164 valence electrons. The molecule has 0 aromatic heterocycles. The van der Waals surface area contributed by atoms with Crippen LogP contribution in [0.5, 0.6) is 0 Å². The Kier molecular flexibility index (Phi) is 11.4. The van der Waals surface area contributed by atoms with Gasteiger partial charge in [0.15, 0.2) is 0 Å². The fourth-order valence-corrected chi connectivity index (χ4v) is 4.61. The summed E-state index contributed by atoms with van der Waals surface area (Å²) >= 11 is 0. The van der Waals surface area contributed by atoms with Crippen LogP contribution in [-0.2, 0) is 19.0 Å². The summed E-state index contributed by atoms with van der Waals surface area (Å²) in [7, 11) is 1.36. The Hall–Kier alpha value is -0.690. The zero-order valence-corrected chi connectivity index (χ0v) is 17.9. The molecule has 2 rings (SSSR count). The summed E-state index contributed by atoms with van der Waals surface area (Å²) in [6.07, 6.45) is 12.7. The molecule has 0 aromatic carbocycles. The molecule has 2 bridgehead atoms. The monoisotopic (exact) mass is 399 g/mol. The van der Waals surface area contributed by atoms with Crippen molar-refractivity contribution in [1.29, 1.82) is 0 Å². The van der Waals surface area contributed by atoms with E-state index in [1.807, 2.05) is 0 Å². The van der Waals surface area contributed by atoms with Crippen LogP contribution in [0.1, 0.15) is 77.6 Å². The van der Waals surface area contributed by atoms with Gasteiger partial charge in [0.1, 0.15) is 0 Å². The molecular weight excluding hydrogens is 358 g/mol. The predicted octanol–water partition coefficient (Wildman–Crippen LogP) is 4.19. The molecule has 2 heterocycles. The first-order valence-corrected chi connectivity index (χ1v) is 11.4. The van der Waals surface area contributed by atoms with E-state index in [0.29, 0.717) is 48.6 Å². The molecule has 2 fully saturated rings. The van der Waals surface area contributed by atoms with Crippen LogP contribution in [0.15, 0.2) is 0 Å². The van der Waals surface area contributed by atoms with Crippen molar-refractivity contribution < 1.29 is 24.2 Å². The van der Waals surface area contributed by atoms with Crippen LogP contribution >= 0.6 is 0 Å². The topological polar surface area (TPSA) is 68.2 Å². The number of rotatable bonds is 16. The van der Waals surface area contributed by atoms with E-state index in [-0.39, 0.29) is 5.91 Å². The zero-order chi connectivity index (χ0) is 20.2. The van der Waals surface area contributed by atoms with Crippen molar-refractivity contribution in [2.45, 2.75) is 89.8 Å². The van der Waals surface area contributed by atoms with E-state index >= 15 is 0 Å². The molecule has 2 aliphatic rings. The Morgan fingerprint density at radius 2 is 1.50 bits per heavy atom. The molecule has 2 aliphatic heterocycles. The number of carbonyl (C=O) groups is 1. The van der Waals surface area contributed by atoms with Crippen molar-refractivity contribution in [3.05, 3.63) is 0 Å². The molecule has 0 spiro atoms. The van der Waals surface area contributed by atoms with Crippen molar-refractivity contribution in [3.63, 3.8) is 0 Å². The maximum atomic E-state index is 11.3. The molecule has 2 saturated heterocycles. The quantitative estimate of drug-likeness (QED) is 0.239. The van der Waals surface area contributed by atoms with Crippen molar-refractivity contribution in [2.75, 3.05) is 33.5 Å². The molecule has 1 N–H and O–H groups in total. The Labute approximate surface area is 170 Å². The van der Waals surface area contributed by atoms with E-state index in [9.17, 15) is 4.79 Å². The predicted molar refractivity (Wildman–Crippen MR) is 108 cm³/mol. The van der Waals surface area contributed by atoms with E-state index in [1.165, 1.54) is 52.0 Å². The summed E-state index contributed by atoms with van der Waals surface area (Å²) in [6, 6.07) is 0. The molecular formula is C22H41NO5. The highest BCUT2D eigenvalue weighted by Crippen LogP contribution is 2.46. The maximum absolute atomic E-state index is 11.3. The third-order valence-corrected chi connectivity index (χ3v) is 6.21. The SMILES string of the molecule is CCCCCCCOCC[C@@H]1[C@H](CCOCCCC(=O)N(C)O)[C@@H]2CC[C@H]1O2. The van der Waals surface area contributed by atoms with Gasteiger partial charge in [-0.15, -0.1) is 0 Å². The normalized spacial score (nSPS) is 26.1. The van der Waals surface area contributed by atoms with Crippen LogP contribution in [0.2, 0.25) is 0 Å². The number of unbranched alkanes of at least 4 members (excludes halogenated alkanes) is 4. The molecule has 1 amide bonds. The number of nitrogens with zero attached hydrogens (tertiary/aromatic N) is 1. The second-order valence-corrected chi connectivity index (χ2v) is 8.36. The van der Waals surface area contributed by atoms with Crippen molar-refractivity contribution in [2.24, 2.45) is 11.8 Å². The molecule has 0 saturated carbocycles. The minimum absolute atomic E-state index is 0.268. The highest BCUT2D eigenvalue weighted by Gasteiger charge is 2.47. The van der Waals surface area contributed by atoms with Crippen LogP contribution in [0, 0.1) is 11.8 Å². The Bertz CT molecular complexity index is 431. The maximum Gasteiger partial charge on any atom is 0.245 e. The standard InChI is InChI=1S/C22H41NO5/c1-3-4-5-6-7-14-26-16-12-18-19(21-11-10-20(18)28-21)13-17-27-15-8-9-22(24)23(2)25/h18-21,25H,3-17H2,1-2H3/t18-,19+,20-,21+/m1/s1. The Morgan fingerprint density at radius 1 is 0.929 bits per heavy atom. The minimum atomic E-state index is -0.268. The van der Waals surface area contributed by atoms with Gasteiger partial charge in [-0.05, 0) is 50.4 Å². The summed E-state index contributed by atoms with van der Waals surface area (Å²) in [4.78, 5) is 11.3. The molecule has 0 radical (unpaired) electrons. The van der Waals surface area contributed by atoms with Gasteiger partial charge in [-0.25, -0.2) is 5.06 Å². The molecule has 0 aliphatic carbocycles. The van der Waals surface area contributed by atoms with Crippen LogP contribution in [0.3, 0.4) is 0 Å². The van der Waals surface area contributed by atoms with Gasteiger partial charge in [0.25, 0.3) is 0 Å². The fraction of sp³-hybridized carbons (Fsp3) is 0.955. The van der Waals surface area contributed by atoms with Crippen molar-refractivity contribution >= 4 is 5.91 Å². The Balaban J connectivity index is 1.55. The van der Waals surface area contributed by atoms with Gasteiger partial charge in [0.05, 0.1) is 12.2 Å². The van der Waals surface area contributed by atoms with Gasteiger partial charge >= 0.3 is 0 Å². The molecule has 0 unspecified atom stereocenters. The van der Waals surface area contributed by atoms with E-state index in [4.69, 9.17) is 19.4 Å². The van der Waals surface area contributed by atoms with Gasteiger partial charge in [-0.1, -0.05) is 32.6 Å². The van der Waals surface area contributed by atoms with E-state index < -0.39 is 0 Å². The number of amides is 1. The number of hydroxylamine groups is 2. The van der Waals surface area contributed by atoms with Crippen LogP contribution in [0.25, 0.3) is 0 Å². The zero-order valence-electron chi connectivity index (χ0n) is 17.9. The second-order valence-electron chi connectivity index (χ2n) is 8.36. The summed E-state index contributed by atoms with van der Waals surface area (Å²) in [5.74, 6) is 0.916. The molecule has 6 nitrogen and oxygen atoms in total. The second kappa shape index (κ2) is 13.5. The van der Waals surface area contributed by atoms with E-state index in [0.717, 1.165) is 32.7 Å². The van der Waals surface area contributed by atoms with Gasteiger partial charge in [-0.3, -0.25) is 10.0 Å². The summed E-state index contributed by atoms with van der Waals surface area (Å²) in [5.41, 5.74) is 0. The lowest BCUT2D eigenvalue weighted by Crippen LogP contribution is -2.29. The van der Waals surface area contributed by atoms with Crippen LogP contribution in [0.4, 0.5) is 0 Å². The third-order valence-electron chi connectivity index (χ3n) is 6.21. The number of hydrogen-bond donors (Lipinski definition) is 1. The average Bonchev–Trinajstić information content (AvgIpc) is 3.28. The summed E-state index contributed by atoms with van der Waals surface area (Å²) < 4.78 is 17.8. The third kappa shape index (κ3) is 7.97. The van der Waals surface area contributed by atoms with Crippen LogP contribution in [-0.4, -0.2) is 61.9 Å². The highest BCUT2D eigenvalue weighted by molar-refractivity contribution is 5.74. The van der Waals surface area contributed by atoms with Crippen LogP contribution < -0.4 is 0 Å². The molecule has 4 atom stereocenters. The smallest absolute Gasteiger partial charge is 0.245 e. The van der Waals surface area contributed by atoms with Crippen molar-refractivity contribution in [3.8, 4) is 0 Å². The molecule has 28 heavy (non-hydrogen) atoms. The molecule has 0 aromatic rings. The number of carbonyl (C=O) groups excluding carboxylic acids is 1.